The van der Waals surface area contributed by atoms with Crippen molar-refractivity contribution in [1.29, 1.82) is 0 Å². The number of urea groups is 1. The van der Waals surface area contributed by atoms with Gasteiger partial charge in [-0.15, -0.1) is 11.3 Å². The van der Waals surface area contributed by atoms with E-state index in [0.717, 1.165) is 17.1 Å². The summed E-state index contributed by atoms with van der Waals surface area (Å²) in [5, 5.41) is 12.2. The first kappa shape index (κ1) is 15.8. The number of carbonyl (C=O) groups is 2. The van der Waals surface area contributed by atoms with Crippen LogP contribution < -0.4 is 0 Å². The molecule has 1 aromatic heterocycles. The fourth-order valence-electron chi connectivity index (χ4n) is 2.61. The van der Waals surface area contributed by atoms with Crippen LogP contribution in [0.1, 0.15) is 30.5 Å². The highest BCUT2D eigenvalue weighted by Gasteiger charge is 2.39. The summed E-state index contributed by atoms with van der Waals surface area (Å²) in [6.45, 7) is 4.96. The summed E-state index contributed by atoms with van der Waals surface area (Å²) in [7, 11) is 1.73. The van der Waals surface area contributed by atoms with Crippen molar-refractivity contribution >= 4 is 23.3 Å². The number of carboxylic acids is 1. The van der Waals surface area contributed by atoms with Crippen molar-refractivity contribution < 1.29 is 14.7 Å². The number of carbonyl (C=O) groups excluding carboxylic acids is 1. The Hall–Kier alpha value is -1.63. The van der Waals surface area contributed by atoms with Crippen molar-refractivity contribution in [1.82, 2.24) is 14.8 Å². The smallest absolute Gasteiger partial charge is 0.320 e. The molecule has 1 aliphatic heterocycles. The molecule has 1 fully saturated rings. The Balaban J connectivity index is 2.00. The van der Waals surface area contributed by atoms with Crippen molar-refractivity contribution in [3.8, 4) is 0 Å². The lowest BCUT2D eigenvalue weighted by atomic mass is 9.82. The molecule has 7 heteroatoms. The molecule has 0 aromatic carbocycles. The van der Waals surface area contributed by atoms with E-state index in [2.05, 4.69) is 4.98 Å². The molecule has 116 valence electrons. The van der Waals surface area contributed by atoms with Gasteiger partial charge in [-0.2, -0.15) is 0 Å². The number of piperidine rings is 1. The van der Waals surface area contributed by atoms with Gasteiger partial charge in [-0.25, -0.2) is 9.78 Å². The fraction of sp³-hybridized carbons (Fsp3) is 0.643. The number of likely N-dealkylation sites (tertiary alicyclic amines) is 1. The summed E-state index contributed by atoms with van der Waals surface area (Å²) in [5.74, 6) is -0.835. The Morgan fingerprint density at radius 3 is 2.86 bits per heavy atom. The molecule has 0 aliphatic carbocycles. The first-order chi connectivity index (χ1) is 9.82. The normalized spacial score (nSPS) is 22.1. The van der Waals surface area contributed by atoms with Crippen LogP contribution in [0.4, 0.5) is 4.79 Å². The summed E-state index contributed by atoms with van der Waals surface area (Å²) < 4.78 is 0. The number of thiazole rings is 1. The summed E-state index contributed by atoms with van der Waals surface area (Å²) in [6.07, 6.45) is 1.33. The van der Waals surface area contributed by atoms with Gasteiger partial charge in [-0.1, -0.05) is 0 Å². The van der Waals surface area contributed by atoms with Gasteiger partial charge in [0.15, 0.2) is 0 Å². The molecule has 6 nitrogen and oxygen atoms in total. The minimum absolute atomic E-state index is 0.132. The summed E-state index contributed by atoms with van der Waals surface area (Å²) in [6, 6.07) is -0.132. The van der Waals surface area contributed by atoms with E-state index >= 15 is 0 Å². The number of carboxylic acid groups (broad SMARTS) is 1. The van der Waals surface area contributed by atoms with E-state index in [-0.39, 0.29) is 12.6 Å². The molecule has 21 heavy (non-hydrogen) atoms. The highest BCUT2D eigenvalue weighted by molar-refractivity contribution is 7.09. The number of aryl methyl sites for hydroxylation is 1. The molecule has 0 bridgehead atoms. The van der Waals surface area contributed by atoms with Crippen molar-refractivity contribution in [2.45, 2.75) is 33.2 Å². The van der Waals surface area contributed by atoms with Gasteiger partial charge in [-0.05, 0) is 26.7 Å². The molecule has 0 saturated carbocycles. The Bertz CT molecular complexity index is 545. The molecule has 2 rings (SSSR count). The Labute approximate surface area is 128 Å². The second-order valence-corrected chi connectivity index (χ2v) is 6.95. The second-order valence-electron chi connectivity index (χ2n) is 5.89. The topological polar surface area (TPSA) is 73.7 Å². The zero-order chi connectivity index (χ0) is 15.6. The summed E-state index contributed by atoms with van der Waals surface area (Å²) in [5.41, 5.74) is 0.0257. The average molecular weight is 311 g/mol. The zero-order valence-electron chi connectivity index (χ0n) is 12.6. The first-order valence-corrected chi connectivity index (χ1v) is 7.84. The molecular weight excluding hydrogens is 290 g/mol. The van der Waals surface area contributed by atoms with E-state index in [1.165, 1.54) is 0 Å². The van der Waals surface area contributed by atoms with E-state index < -0.39 is 11.4 Å². The van der Waals surface area contributed by atoms with E-state index in [0.29, 0.717) is 19.5 Å². The summed E-state index contributed by atoms with van der Waals surface area (Å²) in [4.78, 5) is 31.4. The molecule has 0 radical (unpaired) electrons. The fourth-order valence-corrected chi connectivity index (χ4v) is 3.21. The molecule has 1 aromatic rings. The van der Waals surface area contributed by atoms with Crippen LogP contribution in [-0.2, 0) is 11.3 Å². The molecule has 1 aliphatic rings. The lowest BCUT2D eigenvalue weighted by molar-refractivity contribution is -0.150. The third-order valence-electron chi connectivity index (χ3n) is 3.88. The quantitative estimate of drug-likeness (QED) is 0.928. The van der Waals surface area contributed by atoms with Gasteiger partial charge in [0.2, 0.25) is 0 Å². The molecule has 1 saturated heterocycles. The molecular formula is C14H21N3O3S. The second kappa shape index (κ2) is 6.01. The van der Waals surface area contributed by atoms with Crippen molar-refractivity contribution in [2.24, 2.45) is 5.41 Å². The number of rotatable bonds is 3. The van der Waals surface area contributed by atoms with Crippen LogP contribution in [0, 0.1) is 12.3 Å². The van der Waals surface area contributed by atoms with Crippen LogP contribution in [0.2, 0.25) is 0 Å². The van der Waals surface area contributed by atoms with Crippen LogP contribution in [-0.4, -0.2) is 52.0 Å². The zero-order valence-corrected chi connectivity index (χ0v) is 13.4. The number of aromatic nitrogens is 1. The lowest BCUT2D eigenvalue weighted by Gasteiger charge is -2.39. The maximum Gasteiger partial charge on any atom is 0.320 e. The number of nitrogens with zero attached hydrogens (tertiary/aromatic N) is 3. The first-order valence-electron chi connectivity index (χ1n) is 6.96. The van der Waals surface area contributed by atoms with Gasteiger partial charge in [0.1, 0.15) is 0 Å². The van der Waals surface area contributed by atoms with Crippen molar-refractivity contribution in [3.63, 3.8) is 0 Å². The predicted molar refractivity (Wildman–Crippen MR) is 80.3 cm³/mol. The van der Waals surface area contributed by atoms with Crippen molar-refractivity contribution in [3.05, 3.63) is 16.1 Å². The highest BCUT2D eigenvalue weighted by Crippen LogP contribution is 2.30. The van der Waals surface area contributed by atoms with Crippen LogP contribution in [0.15, 0.2) is 5.38 Å². The van der Waals surface area contributed by atoms with Crippen LogP contribution in [0.3, 0.4) is 0 Å². The van der Waals surface area contributed by atoms with E-state index in [1.54, 1.807) is 35.1 Å². The largest absolute Gasteiger partial charge is 0.481 e. The number of amides is 2. The van der Waals surface area contributed by atoms with E-state index in [4.69, 9.17) is 0 Å². The van der Waals surface area contributed by atoms with E-state index in [9.17, 15) is 14.7 Å². The highest BCUT2D eigenvalue weighted by atomic mass is 32.1. The third kappa shape index (κ3) is 3.53. The minimum Gasteiger partial charge on any atom is -0.481 e. The molecule has 1 unspecified atom stereocenters. The predicted octanol–water partition coefficient (Wildman–Crippen LogP) is 2.19. The maximum atomic E-state index is 12.5. The van der Waals surface area contributed by atoms with Gasteiger partial charge in [0.05, 0.1) is 22.7 Å². The van der Waals surface area contributed by atoms with Crippen LogP contribution in [0.5, 0.6) is 0 Å². The van der Waals surface area contributed by atoms with Crippen LogP contribution in [0.25, 0.3) is 0 Å². The molecule has 2 amide bonds. The standard InChI is InChI=1S/C14H21N3O3S/c1-10-15-11(8-21-10)7-16(3)13(20)17-6-4-5-14(2,9-17)12(18)19/h8H,4-7,9H2,1-3H3,(H,18,19). The molecule has 0 spiro atoms. The van der Waals surface area contributed by atoms with E-state index in [1.807, 2.05) is 12.3 Å². The SMILES string of the molecule is Cc1nc(CN(C)C(=O)N2CCCC(C)(C(=O)O)C2)cs1. The third-order valence-corrected chi connectivity index (χ3v) is 4.70. The number of hydrogen-bond donors (Lipinski definition) is 1. The van der Waals surface area contributed by atoms with Crippen LogP contribution >= 0.6 is 11.3 Å². The van der Waals surface area contributed by atoms with Gasteiger partial charge in [0.25, 0.3) is 0 Å². The summed E-state index contributed by atoms with van der Waals surface area (Å²) >= 11 is 1.56. The minimum atomic E-state index is -0.841. The number of hydrogen-bond acceptors (Lipinski definition) is 4. The van der Waals surface area contributed by atoms with Gasteiger partial charge >= 0.3 is 12.0 Å². The average Bonchev–Trinajstić information content (AvgIpc) is 2.83. The molecule has 2 heterocycles. The van der Waals surface area contributed by atoms with Gasteiger partial charge in [0, 0.05) is 25.5 Å². The van der Waals surface area contributed by atoms with Gasteiger partial charge < -0.3 is 14.9 Å². The Kier molecular flexibility index (Phi) is 4.51. The van der Waals surface area contributed by atoms with Gasteiger partial charge in [-0.3, -0.25) is 4.79 Å². The maximum absolute atomic E-state index is 12.5. The Morgan fingerprint density at radius 1 is 1.57 bits per heavy atom. The lowest BCUT2D eigenvalue weighted by Crippen LogP contribution is -2.51. The molecule has 1 N–H and O–H groups in total. The monoisotopic (exact) mass is 311 g/mol. The molecule has 1 atom stereocenters. The van der Waals surface area contributed by atoms with Crippen molar-refractivity contribution in [2.75, 3.05) is 20.1 Å². The Morgan fingerprint density at radius 2 is 2.29 bits per heavy atom. The number of aliphatic carboxylic acids is 1.